The summed E-state index contributed by atoms with van der Waals surface area (Å²) >= 11 is 0. The first-order valence-electron chi connectivity index (χ1n) is 8.49. The summed E-state index contributed by atoms with van der Waals surface area (Å²) < 4.78 is 5.25. The SMILES string of the molecule is CNCC(=O)Nc1ccc(N=Nc2ccccc2OC(=O)[C@@H](C)CO)c(N)n1. The topological polar surface area (TPSA) is 151 Å². The van der Waals surface area contributed by atoms with Crippen LogP contribution in [0.25, 0.3) is 0 Å². The van der Waals surface area contributed by atoms with Crippen molar-refractivity contribution >= 4 is 34.9 Å². The number of nitrogens with one attached hydrogen (secondary N) is 2. The molecule has 5 N–H and O–H groups in total. The van der Waals surface area contributed by atoms with E-state index in [4.69, 9.17) is 15.6 Å². The van der Waals surface area contributed by atoms with Gasteiger partial charge in [-0.15, -0.1) is 10.2 Å². The van der Waals surface area contributed by atoms with E-state index < -0.39 is 11.9 Å². The molecule has 1 aromatic heterocycles. The van der Waals surface area contributed by atoms with Gasteiger partial charge in [0.15, 0.2) is 11.6 Å². The van der Waals surface area contributed by atoms with Gasteiger partial charge in [0.1, 0.15) is 17.2 Å². The Labute approximate surface area is 161 Å². The number of pyridine rings is 1. The molecule has 0 saturated carbocycles. The van der Waals surface area contributed by atoms with Gasteiger partial charge in [-0.1, -0.05) is 12.1 Å². The Morgan fingerprint density at radius 1 is 1.21 bits per heavy atom. The standard InChI is InChI=1S/C18H22N6O4/c1-11(10-25)18(27)28-14-6-4-3-5-12(14)23-24-13-7-8-15(22-17(13)19)21-16(26)9-20-2/h3-8,11,20,25H,9-10H2,1-2H3,(H3,19,21,22,26)/t11-/m0/s1. The number of ether oxygens (including phenoxy) is 1. The van der Waals surface area contributed by atoms with Crippen molar-refractivity contribution < 1.29 is 19.4 Å². The third kappa shape index (κ3) is 5.83. The summed E-state index contributed by atoms with van der Waals surface area (Å²) in [7, 11) is 1.66. The molecule has 10 heteroatoms. The maximum Gasteiger partial charge on any atom is 0.316 e. The molecule has 1 amide bonds. The van der Waals surface area contributed by atoms with Crippen molar-refractivity contribution in [2.24, 2.45) is 16.1 Å². The highest BCUT2D eigenvalue weighted by Crippen LogP contribution is 2.31. The second-order valence-electron chi connectivity index (χ2n) is 5.85. The average Bonchev–Trinajstić information content (AvgIpc) is 2.67. The number of aliphatic hydroxyl groups is 1. The average molecular weight is 386 g/mol. The fourth-order valence-corrected chi connectivity index (χ4v) is 1.99. The zero-order chi connectivity index (χ0) is 20.5. The molecule has 10 nitrogen and oxygen atoms in total. The van der Waals surface area contributed by atoms with Crippen LogP contribution in [0.5, 0.6) is 5.75 Å². The Hall–Kier alpha value is -3.37. The van der Waals surface area contributed by atoms with Crippen LogP contribution in [0.1, 0.15) is 6.92 Å². The lowest BCUT2D eigenvalue weighted by Gasteiger charge is -2.09. The number of carbonyl (C=O) groups is 2. The van der Waals surface area contributed by atoms with Gasteiger partial charge in [0.25, 0.3) is 0 Å². The zero-order valence-corrected chi connectivity index (χ0v) is 15.5. The number of amides is 1. The first kappa shape index (κ1) is 20.9. The number of carbonyl (C=O) groups excluding carboxylic acids is 2. The van der Waals surface area contributed by atoms with Gasteiger partial charge in [-0.3, -0.25) is 9.59 Å². The van der Waals surface area contributed by atoms with Crippen molar-refractivity contribution in [3.8, 4) is 5.75 Å². The van der Waals surface area contributed by atoms with Crippen molar-refractivity contribution in [1.29, 1.82) is 0 Å². The van der Waals surface area contributed by atoms with E-state index in [0.29, 0.717) is 11.5 Å². The summed E-state index contributed by atoms with van der Waals surface area (Å²) in [5, 5.41) is 22.5. The molecular weight excluding hydrogens is 364 g/mol. The summed E-state index contributed by atoms with van der Waals surface area (Å²) in [6.45, 7) is 1.38. The van der Waals surface area contributed by atoms with Crippen LogP contribution < -0.4 is 21.1 Å². The Morgan fingerprint density at radius 3 is 2.61 bits per heavy atom. The Morgan fingerprint density at radius 2 is 1.93 bits per heavy atom. The minimum atomic E-state index is -0.657. The number of para-hydroxylation sites is 1. The number of hydrogen-bond acceptors (Lipinski definition) is 9. The van der Waals surface area contributed by atoms with Crippen molar-refractivity contribution in [3.63, 3.8) is 0 Å². The summed E-state index contributed by atoms with van der Waals surface area (Å²) in [4.78, 5) is 27.5. The number of azo groups is 1. The van der Waals surface area contributed by atoms with Gasteiger partial charge in [0, 0.05) is 0 Å². The van der Waals surface area contributed by atoms with E-state index >= 15 is 0 Å². The number of rotatable bonds is 8. The largest absolute Gasteiger partial charge is 0.424 e. The first-order chi connectivity index (χ1) is 13.4. The number of nitrogens with two attached hydrogens (primary N) is 1. The van der Waals surface area contributed by atoms with Crippen LogP contribution in [0, 0.1) is 5.92 Å². The second-order valence-corrected chi connectivity index (χ2v) is 5.85. The number of aromatic nitrogens is 1. The fourth-order valence-electron chi connectivity index (χ4n) is 1.99. The minimum absolute atomic E-state index is 0.0781. The van der Waals surface area contributed by atoms with Crippen LogP contribution in [-0.4, -0.2) is 42.2 Å². The molecule has 0 spiro atoms. The molecule has 1 aromatic carbocycles. The number of esters is 1. The second kappa shape index (κ2) is 10.1. The molecule has 0 bridgehead atoms. The van der Waals surface area contributed by atoms with Gasteiger partial charge in [-0.25, -0.2) is 4.98 Å². The number of nitrogens with zero attached hydrogens (tertiary/aromatic N) is 3. The van der Waals surface area contributed by atoms with Crippen LogP contribution in [0.3, 0.4) is 0 Å². The molecule has 0 radical (unpaired) electrons. The highest BCUT2D eigenvalue weighted by Gasteiger charge is 2.16. The van der Waals surface area contributed by atoms with Gasteiger partial charge in [-0.2, -0.15) is 0 Å². The van der Waals surface area contributed by atoms with E-state index in [1.807, 2.05) is 0 Å². The molecular formula is C18H22N6O4. The molecule has 28 heavy (non-hydrogen) atoms. The first-order valence-corrected chi connectivity index (χ1v) is 8.49. The predicted molar refractivity (Wildman–Crippen MR) is 104 cm³/mol. The Kier molecular flexibility index (Phi) is 7.55. The molecule has 148 valence electrons. The van der Waals surface area contributed by atoms with E-state index in [9.17, 15) is 9.59 Å². The van der Waals surface area contributed by atoms with Crippen LogP contribution in [0.2, 0.25) is 0 Å². The fraction of sp³-hybridized carbons (Fsp3) is 0.278. The van der Waals surface area contributed by atoms with Crippen molar-refractivity contribution in [2.45, 2.75) is 6.92 Å². The minimum Gasteiger partial charge on any atom is -0.424 e. The molecule has 0 aliphatic heterocycles. The van der Waals surface area contributed by atoms with E-state index in [-0.39, 0.29) is 36.3 Å². The molecule has 0 fully saturated rings. The van der Waals surface area contributed by atoms with Crippen LogP contribution >= 0.6 is 0 Å². The van der Waals surface area contributed by atoms with E-state index in [2.05, 4.69) is 25.8 Å². The third-order valence-corrected chi connectivity index (χ3v) is 3.52. The van der Waals surface area contributed by atoms with E-state index in [1.165, 1.54) is 0 Å². The lowest BCUT2D eigenvalue weighted by molar-refractivity contribution is -0.139. The van der Waals surface area contributed by atoms with Gasteiger partial charge in [0.2, 0.25) is 5.91 Å². The Balaban J connectivity index is 2.15. The maximum atomic E-state index is 11.9. The summed E-state index contributed by atoms with van der Waals surface area (Å²) in [6.07, 6.45) is 0. The van der Waals surface area contributed by atoms with Gasteiger partial charge >= 0.3 is 5.97 Å². The van der Waals surface area contributed by atoms with Gasteiger partial charge < -0.3 is 26.2 Å². The highest BCUT2D eigenvalue weighted by atomic mass is 16.5. The lowest BCUT2D eigenvalue weighted by Crippen LogP contribution is -2.25. The third-order valence-electron chi connectivity index (χ3n) is 3.52. The molecule has 2 rings (SSSR count). The van der Waals surface area contributed by atoms with Crippen molar-refractivity contribution in [3.05, 3.63) is 36.4 Å². The van der Waals surface area contributed by atoms with Crippen LogP contribution in [0.4, 0.5) is 23.0 Å². The van der Waals surface area contributed by atoms with E-state index in [1.54, 1.807) is 50.4 Å². The zero-order valence-electron chi connectivity index (χ0n) is 15.5. The van der Waals surface area contributed by atoms with Crippen LogP contribution in [0.15, 0.2) is 46.6 Å². The molecule has 0 unspecified atom stereocenters. The molecule has 0 aliphatic rings. The smallest absolute Gasteiger partial charge is 0.316 e. The normalized spacial score (nSPS) is 12.0. The number of benzene rings is 1. The molecule has 1 heterocycles. The molecule has 2 aromatic rings. The monoisotopic (exact) mass is 386 g/mol. The number of nitrogen functional groups attached to an aromatic ring is 1. The summed E-state index contributed by atoms with van der Waals surface area (Å²) in [6, 6.07) is 9.69. The Bertz CT molecular complexity index is 871. The molecule has 0 saturated heterocycles. The highest BCUT2D eigenvalue weighted by molar-refractivity contribution is 5.91. The van der Waals surface area contributed by atoms with Gasteiger partial charge in [-0.05, 0) is 38.2 Å². The number of hydrogen-bond donors (Lipinski definition) is 4. The lowest BCUT2D eigenvalue weighted by atomic mass is 10.2. The quantitative estimate of drug-likeness (QED) is 0.306. The van der Waals surface area contributed by atoms with Crippen molar-refractivity contribution in [2.75, 3.05) is 31.2 Å². The van der Waals surface area contributed by atoms with Crippen molar-refractivity contribution in [1.82, 2.24) is 10.3 Å². The predicted octanol–water partition coefficient (Wildman–Crippen LogP) is 1.77. The van der Waals surface area contributed by atoms with Crippen LogP contribution in [-0.2, 0) is 9.59 Å². The summed E-state index contributed by atoms with van der Waals surface area (Å²) in [5.41, 5.74) is 6.47. The number of likely N-dealkylation sites (N-methyl/N-ethyl adjacent to an activating group) is 1. The number of anilines is 2. The van der Waals surface area contributed by atoms with Gasteiger partial charge in [0.05, 0.1) is 19.1 Å². The molecule has 0 aliphatic carbocycles. The maximum absolute atomic E-state index is 11.9. The van der Waals surface area contributed by atoms with E-state index in [0.717, 1.165) is 0 Å². The number of aliphatic hydroxyl groups excluding tert-OH is 1. The molecule has 1 atom stereocenters. The summed E-state index contributed by atoms with van der Waals surface area (Å²) in [5.74, 6) is -0.905.